The van der Waals surface area contributed by atoms with E-state index in [4.69, 9.17) is 0 Å². The summed E-state index contributed by atoms with van der Waals surface area (Å²) in [6.07, 6.45) is 1.77. The van der Waals surface area contributed by atoms with E-state index >= 15 is 0 Å². The number of aromatic nitrogens is 3. The van der Waals surface area contributed by atoms with Crippen LogP contribution in [0.4, 0.5) is 0 Å². The van der Waals surface area contributed by atoms with Gasteiger partial charge in [0.25, 0.3) is 0 Å². The molecule has 0 aliphatic heterocycles. The fraction of sp³-hybridized carbons (Fsp3) is 0.273. The van der Waals surface area contributed by atoms with Crippen molar-refractivity contribution in [3.05, 3.63) is 39.0 Å². The summed E-state index contributed by atoms with van der Waals surface area (Å²) in [6.45, 7) is 3.75. The molecule has 0 radical (unpaired) electrons. The van der Waals surface area contributed by atoms with Crippen molar-refractivity contribution in [3.8, 4) is 5.69 Å². The molecule has 0 fully saturated rings. The van der Waals surface area contributed by atoms with Crippen LogP contribution in [0.5, 0.6) is 0 Å². The molecule has 1 heterocycles. The smallest absolute Gasteiger partial charge is 0.0810 e. The Morgan fingerprint density at radius 3 is 2.88 bits per heavy atom. The molecule has 2 rings (SSSR count). The van der Waals surface area contributed by atoms with Gasteiger partial charge in [-0.2, -0.15) is 0 Å². The summed E-state index contributed by atoms with van der Waals surface area (Å²) in [5.41, 5.74) is 2.02. The lowest BCUT2D eigenvalue weighted by atomic mass is 10.3. The van der Waals surface area contributed by atoms with Crippen molar-refractivity contribution in [2.45, 2.75) is 13.5 Å². The first-order valence-electron chi connectivity index (χ1n) is 5.28. The molecule has 0 amide bonds. The van der Waals surface area contributed by atoms with E-state index in [1.165, 1.54) is 0 Å². The summed E-state index contributed by atoms with van der Waals surface area (Å²) in [4.78, 5) is 0. The van der Waals surface area contributed by atoms with Crippen LogP contribution in [0, 0.1) is 0 Å². The predicted molar refractivity (Wildman–Crippen MR) is 74.1 cm³/mol. The van der Waals surface area contributed by atoms with Gasteiger partial charge in [0.15, 0.2) is 0 Å². The van der Waals surface area contributed by atoms with Crippen LogP contribution in [-0.2, 0) is 6.54 Å². The van der Waals surface area contributed by atoms with Crippen molar-refractivity contribution in [2.24, 2.45) is 0 Å². The number of hydrogen-bond donors (Lipinski definition) is 1. The van der Waals surface area contributed by atoms with E-state index in [-0.39, 0.29) is 0 Å². The van der Waals surface area contributed by atoms with Crippen LogP contribution in [0.2, 0.25) is 0 Å². The molecule has 0 atom stereocenters. The minimum Gasteiger partial charge on any atom is -0.311 e. The van der Waals surface area contributed by atoms with Crippen molar-refractivity contribution in [3.63, 3.8) is 0 Å². The SMILES string of the molecule is CCNCc1cnnn1-c1ccc(Br)cc1Br. The Morgan fingerprint density at radius 2 is 2.18 bits per heavy atom. The number of benzene rings is 1. The van der Waals surface area contributed by atoms with Crippen LogP contribution in [0.25, 0.3) is 5.69 Å². The molecule has 0 aliphatic carbocycles. The third-order valence-corrected chi connectivity index (χ3v) is 3.44. The summed E-state index contributed by atoms with van der Waals surface area (Å²) in [7, 11) is 0. The molecule has 17 heavy (non-hydrogen) atoms. The maximum Gasteiger partial charge on any atom is 0.0810 e. The molecule has 0 aliphatic rings. The molecule has 90 valence electrons. The minimum absolute atomic E-state index is 0.756. The molecule has 0 unspecified atom stereocenters. The molecule has 6 heteroatoms. The lowest BCUT2D eigenvalue weighted by Crippen LogP contribution is -2.15. The predicted octanol–water partition coefficient (Wildman–Crippen LogP) is 2.90. The molecule has 0 saturated heterocycles. The van der Waals surface area contributed by atoms with Gasteiger partial charge in [-0.05, 0) is 40.7 Å². The van der Waals surface area contributed by atoms with Gasteiger partial charge >= 0.3 is 0 Å². The first-order chi connectivity index (χ1) is 8.22. The van der Waals surface area contributed by atoms with Gasteiger partial charge in [-0.1, -0.05) is 28.1 Å². The zero-order valence-corrected chi connectivity index (χ0v) is 12.5. The molecule has 0 spiro atoms. The summed E-state index contributed by atoms with van der Waals surface area (Å²) in [6, 6.07) is 5.98. The Labute approximate surface area is 117 Å². The molecule has 2 aromatic rings. The fourth-order valence-electron chi connectivity index (χ4n) is 1.49. The van der Waals surface area contributed by atoms with Crippen LogP contribution in [0.1, 0.15) is 12.6 Å². The lowest BCUT2D eigenvalue weighted by molar-refractivity contribution is 0.671. The number of nitrogens with one attached hydrogen (secondary N) is 1. The second-order valence-corrected chi connectivity index (χ2v) is 5.28. The lowest BCUT2D eigenvalue weighted by Gasteiger charge is -2.08. The summed E-state index contributed by atoms with van der Waals surface area (Å²) in [5, 5.41) is 11.3. The maximum atomic E-state index is 4.11. The molecular formula is C11H12Br2N4. The second-order valence-electron chi connectivity index (χ2n) is 3.51. The van der Waals surface area contributed by atoms with Gasteiger partial charge in [0.05, 0.1) is 17.6 Å². The molecule has 1 aromatic carbocycles. The van der Waals surface area contributed by atoms with Gasteiger partial charge in [-0.15, -0.1) is 5.10 Å². The zero-order valence-electron chi connectivity index (χ0n) is 9.32. The number of rotatable bonds is 4. The minimum atomic E-state index is 0.756. The Hall–Kier alpha value is -0.720. The second kappa shape index (κ2) is 5.75. The van der Waals surface area contributed by atoms with E-state index in [0.717, 1.165) is 33.4 Å². The molecule has 0 bridgehead atoms. The van der Waals surface area contributed by atoms with Crippen molar-refractivity contribution >= 4 is 31.9 Å². The third-order valence-electron chi connectivity index (χ3n) is 2.31. The molecule has 1 N–H and O–H groups in total. The van der Waals surface area contributed by atoms with Gasteiger partial charge in [-0.3, -0.25) is 0 Å². The number of hydrogen-bond acceptors (Lipinski definition) is 3. The van der Waals surface area contributed by atoms with Gasteiger partial charge in [-0.25, -0.2) is 4.68 Å². The van der Waals surface area contributed by atoms with E-state index in [0.29, 0.717) is 0 Å². The molecule has 1 aromatic heterocycles. The highest BCUT2D eigenvalue weighted by molar-refractivity contribution is 9.11. The fourth-order valence-corrected chi connectivity index (χ4v) is 2.70. The van der Waals surface area contributed by atoms with Crippen molar-refractivity contribution in [1.82, 2.24) is 20.3 Å². The first kappa shape index (κ1) is 12.7. The Bertz CT molecular complexity index is 510. The van der Waals surface area contributed by atoms with E-state index < -0.39 is 0 Å². The molecular weight excluding hydrogens is 348 g/mol. The van der Waals surface area contributed by atoms with E-state index in [9.17, 15) is 0 Å². The van der Waals surface area contributed by atoms with Crippen molar-refractivity contribution in [1.29, 1.82) is 0 Å². The van der Waals surface area contributed by atoms with E-state index in [1.54, 1.807) is 6.20 Å². The molecule has 4 nitrogen and oxygen atoms in total. The van der Waals surface area contributed by atoms with Crippen LogP contribution in [-0.4, -0.2) is 21.5 Å². The number of halogens is 2. The summed E-state index contributed by atoms with van der Waals surface area (Å²) >= 11 is 6.96. The topological polar surface area (TPSA) is 42.7 Å². The first-order valence-corrected chi connectivity index (χ1v) is 6.86. The van der Waals surface area contributed by atoms with Gasteiger partial charge in [0.2, 0.25) is 0 Å². The highest BCUT2D eigenvalue weighted by atomic mass is 79.9. The average molecular weight is 360 g/mol. The highest BCUT2D eigenvalue weighted by Gasteiger charge is 2.09. The summed E-state index contributed by atoms with van der Waals surface area (Å²) < 4.78 is 3.84. The highest BCUT2D eigenvalue weighted by Crippen LogP contribution is 2.25. The van der Waals surface area contributed by atoms with Crippen LogP contribution in [0.15, 0.2) is 33.3 Å². The van der Waals surface area contributed by atoms with Crippen LogP contribution in [0.3, 0.4) is 0 Å². The van der Waals surface area contributed by atoms with Gasteiger partial charge < -0.3 is 5.32 Å². The standard InChI is InChI=1S/C11H12Br2N4/c1-2-14-6-9-7-15-16-17(9)11-4-3-8(12)5-10(11)13/h3-5,7,14H,2,6H2,1H3. The molecule has 0 saturated carbocycles. The quantitative estimate of drug-likeness (QED) is 0.912. The average Bonchev–Trinajstić information content (AvgIpc) is 2.74. The normalized spacial score (nSPS) is 10.8. The monoisotopic (exact) mass is 358 g/mol. The number of nitrogens with zero attached hydrogens (tertiary/aromatic N) is 3. The van der Waals surface area contributed by atoms with E-state index in [1.807, 2.05) is 22.9 Å². The van der Waals surface area contributed by atoms with Crippen molar-refractivity contribution in [2.75, 3.05) is 6.54 Å². The summed E-state index contributed by atoms with van der Waals surface area (Å²) in [5.74, 6) is 0. The Kier molecular flexibility index (Phi) is 4.31. The maximum absolute atomic E-state index is 4.11. The van der Waals surface area contributed by atoms with E-state index in [2.05, 4.69) is 54.4 Å². The zero-order chi connectivity index (χ0) is 12.3. The van der Waals surface area contributed by atoms with Crippen molar-refractivity contribution < 1.29 is 0 Å². The van der Waals surface area contributed by atoms with Crippen LogP contribution >= 0.6 is 31.9 Å². The third kappa shape index (κ3) is 2.94. The Balaban J connectivity index is 2.35. The Morgan fingerprint density at radius 1 is 1.35 bits per heavy atom. The van der Waals surface area contributed by atoms with Gasteiger partial charge in [0.1, 0.15) is 0 Å². The van der Waals surface area contributed by atoms with Gasteiger partial charge in [0, 0.05) is 15.5 Å². The largest absolute Gasteiger partial charge is 0.311 e. The van der Waals surface area contributed by atoms with Crippen LogP contribution < -0.4 is 5.32 Å².